The van der Waals surface area contributed by atoms with Gasteiger partial charge in [0.25, 0.3) is 10.0 Å². The first-order chi connectivity index (χ1) is 18.4. The van der Waals surface area contributed by atoms with Crippen LogP contribution in [0.5, 0.6) is 0 Å². The van der Waals surface area contributed by atoms with E-state index in [0.29, 0.717) is 28.5 Å². The van der Waals surface area contributed by atoms with Crippen molar-refractivity contribution in [2.75, 3.05) is 37.4 Å². The van der Waals surface area contributed by atoms with E-state index < -0.39 is 10.0 Å². The normalized spacial score (nSPS) is 15.0. The Morgan fingerprint density at radius 3 is 2.45 bits per heavy atom. The largest absolute Gasteiger partial charge is 0.371 e. The number of fused-ring (bicyclic) bond motifs is 2. The van der Waals surface area contributed by atoms with Crippen LogP contribution in [0.15, 0.2) is 84.1 Å². The van der Waals surface area contributed by atoms with Gasteiger partial charge < -0.3 is 15.1 Å². The van der Waals surface area contributed by atoms with Gasteiger partial charge in [-0.05, 0) is 69.4 Å². The second kappa shape index (κ2) is 9.70. The van der Waals surface area contributed by atoms with Gasteiger partial charge in [-0.15, -0.1) is 0 Å². The van der Waals surface area contributed by atoms with Crippen LogP contribution in [0.2, 0.25) is 0 Å². The third-order valence-electron chi connectivity index (χ3n) is 7.21. The van der Waals surface area contributed by atoms with E-state index in [1.807, 2.05) is 24.3 Å². The van der Waals surface area contributed by atoms with E-state index in [4.69, 9.17) is 0 Å². The number of piperidine rings is 1. The maximum Gasteiger partial charge on any atom is 0.271 e. The molecule has 1 aliphatic rings. The van der Waals surface area contributed by atoms with Gasteiger partial charge in [0.05, 0.1) is 5.52 Å². The van der Waals surface area contributed by atoms with Gasteiger partial charge in [-0.3, -0.25) is 4.98 Å². The Balaban J connectivity index is 1.25. The molecule has 6 rings (SSSR count). The van der Waals surface area contributed by atoms with Crippen LogP contribution in [-0.4, -0.2) is 65.5 Å². The van der Waals surface area contributed by atoms with Gasteiger partial charge in [0.2, 0.25) is 5.95 Å². The molecule has 9 nitrogen and oxygen atoms in total. The van der Waals surface area contributed by atoms with Crippen LogP contribution in [0, 0.1) is 0 Å². The Hall–Kier alpha value is -4.02. The SMILES string of the molecule is CN(C)C1CCN(c2ccc(Nc3ncc4ccn(S(=O)(=O)c5cccc6cccnc56)c4n3)cc2)CC1. The van der Waals surface area contributed by atoms with E-state index in [0.717, 1.165) is 37.0 Å². The molecule has 0 aliphatic carbocycles. The molecular weight excluding hydrogens is 498 g/mol. The zero-order valence-electron chi connectivity index (χ0n) is 21.3. The van der Waals surface area contributed by atoms with Crippen molar-refractivity contribution in [3.05, 3.63) is 79.3 Å². The molecule has 0 radical (unpaired) electrons. The number of pyridine rings is 1. The lowest BCUT2D eigenvalue weighted by molar-refractivity contribution is 0.249. The van der Waals surface area contributed by atoms with Gasteiger partial charge in [-0.1, -0.05) is 18.2 Å². The minimum atomic E-state index is -3.94. The first kappa shape index (κ1) is 24.3. The summed E-state index contributed by atoms with van der Waals surface area (Å²) in [5, 5.41) is 4.60. The van der Waals surface area contributed by atoms with Gasteiger partial charge in [0.1, 0.15) is 4.90 Å². The molecule has 1 fully saturated rings. The van der Waals surface area contributed by atoms with Crippen molar-refractivity contribution in [2.24, 2.45) is 0 Å². The van der Waals surface area contributed by atoms with Gasteiger partial charge in [0.15, 0.2) is 5.65 Å². The fourth-order valence-electron chi connectivity index (χ4n) is 5.06. The standard InChI is InChI=1S/C28H29N7O2S/c1-33(2)23-13-16-34(17-14-23)24-10-8-22(9-11-24)31-28-30-19-21-12-18-35(27(21)32-28)38(36,37)25-7-3-5-20-6-4-15-29-26(20)25/h3-12,15,18-19,23H,13-14,16-17H2,1-2H3,(H,30,31,32). The molecule has 38 heavy (non-hydrogen) atoms. The Labute approximate surface area is 221 Å². The predicted octanol–water partition coefficient (Wildman–Crippen LogP) is 4.49. The predicted molar refractivity (Wildman–Crippen MR) is 151 cm³/mol. The van der Waals surface area contributed by atoms with E-state index >= 15 is 0 Å². The molecule has 1 N–H and O–H groups in total. The van der Waals surface area contributed by atoms with Crippen molar-refractivity contribution in [1.82, 2.24) is 23.8 Å². The Kier molecular flexibility index (Phi) is 6.21. The summed E-state index contributed by atoms with van der Waals surface area (Å²) in [7, 11) is 0.354. The highest BCUT2D eigenvalue weighted by atomic mass is 32.2. The number of nitrogens with one attached hydrogen (secondary N) is 1. The number of aromatic nitrogens is 4. The zero-order valence-corrected chi connectivity index (χ0v) is 22.1. The van der Waals surface area contributed by atoms with Crippen LogP contribution < -0.4 is 10.2 Å². The molecule has 5 aromatic rings. The number of rotatable bonds is 6. The number of para-hydroxylation sites is 1. The summed E-state index contributed by atoms with van der Waals surface area (Å²) < 4.78 is 28.5. The fraction of sp³-hybridized carbons (Fsp3) is 0.250. The summed E-state index contributed by atoms with van der Waals surface area (Å²) in [6.07, 6.45) is 7.03. The maximum atomic E-state index is 13.7. The topological polar surface area (TPSA) is 96.2 Å². The van der Waals surface area contributed by atoms with Crippen molar-refractivity contribution >= 4 is 49.3 Å². The molecule has 0 bridgehead atoms. The average molecular weight is 528 g/mol. The van der Waals surface area contributed by atoms with E-state index in [2.05, 4.69) is 56.3 Å². The molecule has 4 heterocycles. The lowest BCUT2D eigenvalue weighted by atomic mass is 10.0. The van der Waals surface area contributed by atoms with Crippen molar-refractivity contribution in [2.45, 2.75) is 23.8 Å². The lowest BCUT2D eigenvalue weighted by Crippen LogP contribution is -2.41. The van der Waals surface area contributed by atoms with Crippen LogP contribution in [0.3, 0.4) is 0 Å². The highest BCUT2D eigenvalue weighted by Crippen LogP contribution is 2.28. The third kappa shape index (κ3) is 4.46. The van der Waals surface area contributed by atoms with Gasteiger partial charge in [-0.2, -0.15) is 4.98 Å². The van der Waals surface area contributed by atoms with Crippen molar-refractivity contribution in [3.63, 3.8) is 0 Å². The fourth-order valence-corrected chi connectivity index (χ4v) is 6.54. The van der Waals surface area contributed by atoms with E-state index in [-0.39, 0.29) is 4.90 Å². The molecule has 2 aromatic carbocycles. The van der Waals surface area contributed by atoms with Crippen molar-refractivity contribution in [1.29, 1.82) is 0 Å². The van der Waals surface area contributed by atoms with E-state index in [1.54, 1.807) is 36.7 Å². The number of benzene rings is 2. The Morgan fingerprint density at radius 1 is 0.921 bits per heavy atom. The van der Waals surface area contributed by atoms with Crippen LogP contribution in [-0.2, 0) is 10.0 Å². The van der Waals surface area contributed by atoms with Crippen molar-refractivity contribution < 1.29 is 8.42 Å². The average Bonchev–Trinajstić information content (AvgIpc) is 3.37. The Morgan fingerprint density at radius 2 is 1.68 bits per heavy atom. The molecule has 1 saturated heterocycles. The summed E-state index contributed by atoms with van der Waals surface area (Å²) in [6.45, 7) is 2.07. The molecule has 194 valence electrons. The molecule has 10 heteroatoms. The van der Waals surface area contributed by atoms with Gasteiger partial charge >= 0.3 is 0 Å². The maximum absolute atomic E-state index is 13.7. The van der Waals surface area contributed by atoms with Gasteiger partial charge in [-0.25, -0.2) is 17.4 Å². The highest BCUT2D eigenvalue weighted by molar-refractivity contribution is 7.90. The van der Waals surface area contributed by atoms with Crippen LogP contribution in [0.1, 0.15) is 12.8 Å². The molecule has 0 spiro atoms. The Bertz CT molecular complexity index is 1700. The minimum absolute atomic E-state index is 0.131. The second-order valence-electron chi connectivity index (χ2n) is 9.77. The first-order valence-corrected chi connectivity index (χ1v) is 14.1. The molecule has 1 aliphatic heterocycles. The van der Waals surface area contributed by atoms with Gasteiger partial charge in [0, 0.05) is 59.9 Å². The summed E-state index contributed by atoms with van der Waals surface area (Å²) in [5.41, 5.74) is 2.74. The highest BCUT2D eigenvalue weighted by Gasteiger charge is 2.24. The second-order valence-corrected chi connectivity index (χ2v) is 11.6. The number of anilines is 3. The molecule has 3 aromatic heterocycles. The van der Waals surface area contributed by atoms with Crippen LogP contribution in [0.4, 0.5) is 17.3 Å². The first-order valence-electron chi connectivity index (χ1n) is 12.6. The lowest BCUT2D eigenvalue weighted by Gasteiger charge is -2.36. The molecule has 0 amide bonds. The molecule has 0 unspecified atom stereocenters. The molecule has 0 atom stereocenters. The summed E-state index contributed by atoms with van der Waals surface area (Å²) in [5.74, 6) is 0.322. The van der Waals surface area contributed by atoms with Crippen LogP contribution >= 0.6 is 0 Å². The number of hydrogen-bond acceptors (Lipinski definition) is 8. The van der Waals surface area contributed by atoms with Crippen LogP contribution in [0.25, 0.3) is 21.9 Å². The summed E-state index contributed by atoms with van der Waals surface area (Å²) >= 11 is 0. The minimum Gasteiger partial charge on any atom is -0.371 e. The monoisotopic (exact) mass is 527 g/mol. The van der Waals surface area contributed by atoms with Crippen molar-refractivity contribution in [3.8, 4) is 0 Å². The third-order valence-corrected chi connectivity index (χ3v) is 8.91. The number of nitrogens with zero attached hydrogens (tertiary/aromatic N) is 6. The van der Waals surface area contributed by atoms with E-state index in [9.17, 15) is 8.42 Å². The molecular formula is C28H29N7O2S. The van der Waals surface area contributed by atoms with E-state index in [1.165, 1.54) is 15.9 Å². The summed E-state index contributed by atoms with van der Waals surface area (Å²) in [4.78, 5) is 18.1. The smallest absolute Gasteiger partial charge is 0.271 e. The molecule has 0 saturated carbocycles. The summed E-state index contributed by atoms with van der Waals surface area (Å²) in [6, 6.07) is 19.3. The quantitative estimate of drug-likeness (QED) is 0.345. The number of hydrogen-bond donors (Lipinski definition) is 1. The zero-order chi connectivity index (χ0) is 26.3.